The second-order valence-electron chi connectivity index (χ2n) is 9.22. The molecule has 172 valence electrons. The molecule has 1 saturated carbocycles. The van der Waals surface area contributed by atoms with Crippen LogP contribution in [0.5, 0.6) is 0 Å². The van der Waals surface area contributed by atoms with Gasteiger partial charge in [-0.1, -0.05) is 31.4 Å². The molecule has 0 aromatic heterocycles. The molecule has 1 aromatic carbocycles. The van der Waals surface area contributed by atoms with E-state index in [0.717, 1.165) is 51.7 Å². The first-order valence-electron chi connectivity index (χ1n) is 12.0. The summed E-state index contributed by atoms with van der Waals surface area (Å²) in [4.78, 5) is 30.6. The fraction of sp³-hybridized carbons (Fsp3) is 0.680. The van der Waals surface area contributed by atoms with E-state index in [1.54, 1.807) is 0 Å². The normalized spacial score (nSPS) is 23.9. The molecule has 2 atom stereocenters. The number of rotatable bonds is 7. The van der Waals surface area contributed by atoms with Crippen molar-refractivity contribution in [2.75, 3.05) is 26.2 Å². The van der Waals surface area contributed by atoms with Crippen LogP contribution in [0.1, 0.15) is 75.7 Å². The molecule has 2 unspecified atom stereocenters. The first kappa shape index (κ1) is 23.7. The van der Waals surface area contributed by atoms with Gasteiger partial charge in [-0.15, -0.1) is 0 Å². The van der Waals surface area contributed by atoms with Gasteiger partial charge in [0.1, 0.15) is 5.54 Å². The van der Waals surface area contributed by atoms with Crippen LogP contribution in [0.3, 0.4) is 0 Å². The van der Waals surface area contributed by atoms with Gasteiger partial charge >= 0.3 is 0 Å². The molecule has 0 bridgehead atoms. The summed E-state index contributed by atoms with van der Waals surface area (Å²) >= 11 is 0. The van der Waals surface area contributed by atoms with E-state index in [9.17, 15) is 9.59 Å². The van der Waals surface area contributed by atoms with Crippen molar-refractivity contribution in [3.8, 4) is 0 Å². The van der Waals surface area contributed by atoms with Gasteiger partial charge in [-0.3, -0.25) is 14.5 Å². The van der Waals surface area contributed by atoms with E-state index in [2.05, 4.69) is 24.1 Å². The Labute approximate surface area is 187 Å². The topological polar surface area (TPSA) is 61.9 Å². The highest BCUT2D eigenvalue weighted by Crippen LogP contribution is 2.30. The molecule has 2 amide bonds. The van der Waals surface area contributed by atoms with Crippen molar-refractivity contribution in [3.63, 3.8) is 0 Å². The summed E-state index contributed by atoms with van der Waals surface area (Å²) in [6, 6.07) is 7.83. The Kier molecular flexibility index (Phi) is 8.11. The maximum atomic E-state index is 13.3. The first-order valence-corrected chi connectivity index (χ1v) is 12.0. The molecule has 0 spiro atoms. The SMILES string of the molecule is CCN(CC)C(=O)C1(NC(=O)c2ccc(CN3CC(C)OC(C)C3)cc2)CCCCC1. The van der Waals surface area contributed by atoms with Gasteiger partial charge in [0.25, 0.3) is 5.91 Å². The molecule has 6 heteroatoms. The quantitative estimate of drug-likeness (QED) is 0.719. The van der Waals surface area contributed by atoms with Crippen LogP contribution in [0.25, 0.3) is 0 Å². The third kappa shape index (κ3) is 5.86. The number of nitrogens with zero attached hydrogens (tertiary/aromatic N) is 2. The average Bonchev–Trinajstić information content (AvgIpc) is 2.75. The molecule has 1 N–H and O–H groups in total. The predicted octanol–water partition coefficient (Wildman–Crippen LogP) is 3.60. The van der Waals surface area contributed by atoms with E-state index in [0.29, 0.717) is 18.7 Å². The number of nitrogens with one attached hydrogen (secondary N) is 1. The standard InChI is InChI=1S/C25H39N3O3/c1-5-28(6-2)24(30)25(14-8-7-9-15-25)26-23(29)22-12-10-21(11-13-22)18-27-16-19(3)31-20(4)17-27/h10-13,19-20H,5-9,14-18H2,1-4H3,(H,26,29). The Hall–Kier alpha value is -1.92. The number of hydrogen-bond donors (Lipinski definition) is 1. The molecule has 2 fully saturated rings. The second kappa shape index (κ2) is 10.6. The lowest BCUT2D eigenvalue weighted by Gasteiger charge is -2.40. The summed E-state index contributed by atoms with van der Waals surface area (Å²) in [5.74, 6) is -0.0831. The minimum absolute atomic E-state index is 0.0673. The van der Waals surface area contributed by atoms with Crippen molar-refractivity contribution in [1.29, 1.82) is 0 Å². The highest BCUT2D eigenvalue weighted by Gasteiger charge is 2.42. The van der Waals surface area contributed by atoms with E-state index in [-0.39, 0.29) is 24.0 Å². The molecule has 31 heavy (non-hydrogen) atoms. The number of hydrogen-bond acceptors (Lipinski definition) is 4. The zero-order chi connectivity index (χ0) is 22.4. The van der Waals surface area contributed by atoms with Gasteiger partial charge in [-0.05, 0) is 58.2 Å². The van der Waals surface area contributed by atoms with Crippen LogP contribution in [0, 0.1) is 0 Å². The monoisotopic (exact) mass is 429 g/mol. The number of benzene rings is 1. The van der Waals surface area contributed by atoms with E-state index >= 15 is 0 Å². The molecule has 2 aliphatic rings. The molecule has 1 aliphatic carbocycles. The lowest BCUT2D eigenvalue weighted by molar-refractivity contribution is -0.139. The molecule has 1 heterocycles. The van der Waals surface area contributed by atoms with Gasteiger partial charge in [-0.2, -0.15) is 0 Å². The molecule has 0 radical (unpaired) electrons. The van der Waals surface area contributed by atoms with Crippen molar-refractivity contribution in [2.24, 2.45) is 0 Å². The molecular weight excluding hydrogens is 390 g/mol. The van der Waals surface area contributed by atoms with Crippen LogP contribution in [0.15, 0.2) is 24.3 Å². The number of carbonyl (C=O) groups is 2. The Morgan fingerprint density at radius 3 is 2.16 bits per heavy atom. The van der Waals surface area contributed by atoms with Gasteiger partial charge in [0.2, 0.25) is 5.91 Å². The van der Waals surface area contributed by atoms with Gasteiger partial charge < -0.3 is 15.0 Å². The van der Waals surface area contributed by atoms with Gasteiger partial charge in [0.15, 0.2) is 0 Å². The van der Waals surface area contributed by atoms with Crippen LogP contribution < -0.4 is 5.32 Å². The lowest BCUT2D eigenvalue weighted by Crippen LogP contribution is -2.60. The molecule has 6 nitrogen and oxygen atoms in total. The summed E-state index contributed by atoms with van der Waals surface area (Å²) in [5, 5.41) is 3.15. The molecule has 1 aliphatic heterocycles. The van der Waals surface area contributed by atoms with Crippen molar-refractivity contribution >= 4 is 11.8 Å². The zero-order valence-corrected chi connectivity index (χ0v) is 19.7. The van der Waals surface area contributed by atoms with Crippen LogP contribution >= 0.6 is 0 Å². The maximum Gasteiger partial charge on any atom is 0.252 e. The van der Waals surface area contributed by atoms with Crippen molar-refractivity contribution in [1.82, 2.24) is 15.1 Å². The number of carbonyl (C=O) groups excluding carboxylic acids is 2. The largest absolute Gasteiger partial charge is 0.373 e. The third-order valence-corrected chi connectivity index (χ3v) is 6.64. The predicted molar refractivity (Wildman–Crippen MR) is 123 cm³/mol. The number of morpholine rings is 1. The fourth-order valence-electron chi connectivity index (χ4n) is 5.08. The van der Waals surface area contributed by atoms with Crippen LogP contribution in [-0.2, 0) is 16.1 Å². The smallest absolute Gasteiger partial charge is 0.252 e. The van der Waals surface area contributed by atoms with E-state index in [1.807, 2.05) is 43.0 Å². The van der Waals surface area contributed by atoms with Crippen LogP contribution in [-0.4, -0.2) is 65.5 Å². The van der Waals surface area contributed by atoms with Crippen LogP contribution in [0.4, 0.5) is 0 Å². The third-order valence-electron chi connectivity index (χ3n) is 6.64. The van der Waals surface area contributed by atoms with Crippen LogP contribution in [0.2, 0.25) is 0 Å². The summed E-state index contributed by atoms with van der Waals surface area (Å²) in [6.07, 6.45) is 4.99. The number of ether oxygens (including phenoxy) is 1. The Balaban J connectivity index is 1.67. The zero-order valence-electron chi connectivity index (χ0n) is 19.7. The Bertz CT molecular complexity index is 729. The highest BCUT2D eigenvalue weighted by atomic mass is 16.5. The summed E-state index contributed by atoms with van der Waals surface area (Å²) in [5.41, 5.74) is 1.04. The Morgan fingerprint density at radius 2 is 1.61 bits per heavy atom. The number of amides is 2. The average molecular weight is 430 g/mol. The molecule has 1 aromatic rings. The minimum Gasteiger partial charge on any atom is -0.373 e. The number of likely N-dealkylation sites (N-methyl/N-ethyl adjacent to an activating group) is 1. The van der Waals surface area contributed by atoms with E-state index in [1.165, 1.54) is 5.56 Å². The Morgan fingerprint density at radius 1 is 1.03 bits per heavy atom. The van der Waals surface area contributed by atoms with Crippen molar-refractivity contribution < 1.29 is 14.3 Å². The molecular formula is C25H39N3O3. The lowest BCUT2D eigenvalue weighted by atomic mass is 9.80. The first-order chi connectivity index (χ1) is 14.9. The van der Waals surface area contributed by atoms with Crippen molar-refractivity contribution in [2.45, 2.75) is 84.1 Å². The fourth-order valence-corrected chi connectivity index (χ4v) is 5.08. The van der Waals surface area contributed by atoms with Gasteiger partial charge in [0.05, 0.1) is 12.2 Å². The van der Waals surface area contributed by atoms with Crippen molar-refractivity contribution in [3.05, 3.63) is 35.4 Å². The van der Waals surface area contributed by atoms with Gasteiger partial charge in [-0.25, -0.2) is 0 Å². The molecule has 1 saturated heterocycles. The van der Waals surface area contributed by atoms with E-state index in [4.69, 9.17) is 4.74 Å². The maximum absolute atomic E-state index is 13.3. The molecule has 3 rings (SSSR count). The highest BCUT2D eigenvalue weighted by molar-refractivity contribution is 5.99. The summed E-state index contributed by atoms with van der Waals surface area (Å²) in [7, 11) is 0. The summed E-state index contributed by atoms with van der Waals surface area (Å²) < 4.78 is 5.81. The minimum atomic E-state index is -0.764. The van der Waals surface area contributed by atoms with Gasteiger partial charge in [0, 0.05) is 38.3 Å². The van der Waals surface area contributed by atoms with E-state index < -0.39 is 5.54 Å². The second-order valence-corrected chi connectivity index (χ2v) is 9.22. The summed E-state index contributed by atoms with van der Waals surface area (Å²) in [6.45, 7) is 12.2.